The molecule has 20 heavy (non-hydrogen) atoms. The molecule has 0 amide bonds. The van der Waals surface area contributed by atoms with Gasteiger partial charge in [0.2, 0.25) is 0 Å². The summed E-state index contributed by atoms with van der Waals surface area (Å²) >= 11 is 8.00. The van der Waals surface area contributed by atoms with Gasteiger partial charge in [-0.25, -0.2) is 0 Å². The second-order valence-corrected chi connectivity index (χ2v) is 6.08. The van der Waals surface area contributed by atoms with Crippen molar-refractivity contribution in [2.75, 3.05) is 0 Å². The van der Waals surface area contributed by atoms with Crippen LogP contribution < -0.4 is 5.73 Å². The molecule has 0 radical (unpaired) electrons. The summed E-state index contributed by atoms with van der Waals surface area (Å²) in [6, 6.07) is 8.06. The Labute approximate surface area is 127 Å². The Morgan fingerprint density at radius 1 is 1.40 bits per heavy atom. The summed E-state index contributed by atoms with van der Waals surface area (Å²) in [4.78, 5) is 0. The molecule has 1 aromatic carbocycles. The maximum absolute atomic E-state index is 6.46. The number of nitrogens with zero attached hydrogens (tertiary/aromatic N) is 2. The summed E-state index contributed by atoms with van der Waals surface area (Å²) in [5.41, 5.74) is 8.48. The molecule has 2 heterocycles. The maximum atomic E-state index is 6.46. The Balaban J connectivity index is 2.08. The van der Waals surface area contributed by atoms with Crippen molar-refractivity contribution in [1.82, 2.24) is 9.78 Å². The van der Waals surface area contributed by atoms with Gasteiger partial charge in [-0.05, 0) is 28.8 Å². The van der Waals surface area contributed by atoms with E-state index in [0.29, 0.717) is 5.02 Å². The minimum atomic E-state index is -0.243. The maximum Gasteiger partial charge on any atom is 0.0837 e. The third-order valence-corrected chi connectivity index (χ3v) is 4.68. The third-order valence-electron chi connectivity index (χ3n) is 3.41. The molecule has 0 saturated heterocycles. The average Bonchev–Trinajstić information content (AvgIpc) is 3.03. The molecule has 3 nitrogen and oxygen atoms in total. The SMILES string of the molecule is CCCn1ncc(Cl)c1C(N)c1csc2ccccc12. The summed E-state index contributed by atoms with van der Waals surface area (Å²) < 4.78 is 3.16. The first kappa shape index (κ1) is 13.6. The lowest BCUT2D eigenvalue weighted by molar-refractivity contribution is 0.561. The number of hydrogen-bond donors (Lipinski definition) is 1. The number of benzene rings is 1. The van der Waals surface area contributed by atoms with E-state index in [0.717, 1.165) is 24.2 Å². The molecule has 0 aliphatic rings. The van der Waals surface area contributed by atoms with Gasteiger partial charge in [0.1, 0.15) is 0 Å². The number of aryl methyl sites for hydroxylation is 1. The monoisotopic (exact) mass is 305 g/mol. The molecular formula is C15H16ClN3S. The summed E-state index contributed by atoms with van der Waals surface area (Å²) in [5, 5.41) is 8.28. The van der Waals surface area contributed by atoms with Crippen molar-refractivity contribution < 1.29 is 0 Å². The zero-order valence-corrected chi connectivity index (χ0v) is 12.8. The molecule has 0 aliphatic carbocycles. The first-order valence-electron chi connectivity index (χ1n) is 6.65. The number of rotatable bonds is 4. The van der Waals surface area contributed by atoms with E-state index in [2.05, 4.69) is 29.5 Å². The number of fused-ring (bicyclic) bond motifs is 1. The predicted molar refractivity (Wildman–Crippen MR) is 85.4 cm³/mol. The van der Waals surface area contributed by atoms with E-state index in [9.17, 15) is 0 Å². The topological polar surface area (TPSA) is 43.8 Å². The van der Waals surface area contributed by atoms with Crippen molar-refractivity contribution in [3.05, 3.63) is 52.1 Å². The Morgan fingerprint density at radius 3 is 3.00 bits per heavy atom. The van der Waals surface area contributed by atoms with Crippen molar-refractivity contribution in [3.63, 3.8) is 0 Å². The first-order valence-corrected chi connectivity index (χ1v) is 7.91. The van der Waals surface area contributed by atoms with E-state index in [-0.39, 0.29) is 6.04 Å². The van der Waals surface area contributed by atoms with Gasteiger partial charge in [-0.2, -0.15) is 5.10 Å². The lowest BCUT2D eigenvalue weighted by atomic mass is 10.0. The molecule has 1 unspecified atom stereocenters. The van der Waals surface area contributed by atoms with Crippen molar-refractivity contribution in [2.45, 2.75) is 25.9 Å². The van der Waals surface area contributed by atoms with Gasteiger partial charge < -0.3 is 5.73 Å². The second-order valence-electron chi connectivity index (χ2n) is 4.77. The Morgan fingerprint density at radius 2 is 2.20 bits per heavy atom. The van der Waals surface area contributed by atoms with Crippen LogP contribution >= 0.6 is 22.9 Å². The molecule has 1 atom stereocenters. The molecule has 5 heteroatoms. The highest BCUT2D eigenvalue weighted by atomic mass is 35.5. The lowest BCUT2D eigenvalue weighted by Crippen LogP contribution is -2.17. The highest BCUT2D eigenvalue weighted by Gasteiger charge is 2.20. The van der Waals surface area contributed by atoms with Crippen molar-refractivity contribution >= 4 is 33.0 Å². The molecule has 0 spiro atoms. The van der Waals surface area contributed by atoms with Crippen molar-refractivity contribution in [2.24, 2.45) is 5.73 Å². The minimum absolute atomic E-state index is 0.243. The third kappa shape index (κ3) is 2.24. The van der Waals surface area contributed by atoms with Crippen LogP contribution in [0.15, 0.2) is 35.8 Å². The van der Waals surface area contributed by atoms with Crippen molar-refractivity contribution in [1.29, 1.82) is 0 Å². The molecule has 0 fully saturated rings. The van der Waals surface area contributed by atoms with Crippen LogP contribution in [0.3, 0.4) is 0 Å². The fourth-order valence-electron chi connectivity index (χ4n) is 2.46. The van der Waals surface area contributed by atoms with E-state index in [4.69, 9.17) is 17.3 Å². The first-order chi connectivity index (χ1) is 9.72. The molecule has 3 aromatic rings. The fraction of sp³-hybridized carbons (Fsp3) is 0.267. The van der Waals surface area contributed by atoms with Crippen LogP contribution in [0.4, 0.5) is 0 Å². The zero-order chi connectivity index (χ0) is 14.1. The Bertz CT molecular complexity index is 732. The summed E-state index contributed by atoms with van der Waals surface area (Å²) in [6.07, 6.45) is 2.68. The Kier molecular flexibility index (Phi) is 3.78. The van der Waals surface area contributed by atoms with E-state index in [1.54, 1.807) is 17.5 Å². The fourth-order valence-corrected chi connectivity index (χ4v) is 3.71. The van der Waals surface area contributed by atoms with E-state index in [1.165, 1.54) is 10.1 Å². The average molecular weight is 306 g/mol. The molecule has 3 rings (SSSR count). The Hall–Kier alpha value is -1.36. The molecule has 0 bridgehead atoms. The lowest BCUT2D eigenvalue weighted by Gasteiger charge is -2.14. The van der Waals surface area contributed by atoms with E-state index < -0.39 is 0 Å². The highest BCUT2D eigenvalue weighted by Crippen LogP contribution is 2.34. The van der Waals surface area contributed by atoms with Gasteiger partial charge in [0.05, 0.1) is 23.0 Å². The molecule has 2 aromatic heterocycles. The largest absolute Gasteiger partial charge is 0.319 e. The van der Waals surface area contributed by atoms with Crippen LogP contribution in [0.5, 0.6) is 0 Å². The highest BCUT2D eigenvalue weighted by molar-refractivity contribution is 7.17. The van der Waals surface area contributed by atoms with E-state index >= 15 is 0 Å². The second kappa shape index (κ2) is 5.56. The summed E-state index contributed by atoms with van der Waals surface area (Å²) in [6.45, 7) is 2.95. The molecule has 104 valence electrons. The van der Waals surface area contributed by atoms with Gasteiger partial charge in [0, 0.05) is 11.2 Å². The molecule has 0 saturated carbocycles. The van der Waals surface area contributed by atoms with Crippen LogP contribution in [0, 0.1) is 0 Å². The standard InChI is InChI=1S/C15H16ClN3S/c1-2-7-19-15(12(16)8-18-19)14(17)11-9-20-13-6-4-3-5-10(11)13/h3-6,8-9,14H,2,7,17H2,1H3. The van der Waals surface area contributed by atoms with Crippen LogP contribution in [-0.4, -0.2) is 9.78 Å². The molecule has 0 aliphatic heterocycles. The number of halogens is 1. The van der Waals surface area contributed by atoms with Crippen LogP contribution in [0.2, 0.25) is 5.02 Å². The van der Waals surface area contributed by atoms with Crippen molar-refractivity contribution in [3.8, 4) is 0 Å². The normalized spacial score (nSPS) is 12.9. The van der Waals surface area contributed by atoms with Gasteiger partial charge in [-0.1, -0.05) is 36.7 Å². The summed E-state index contributed by atoms with van der Waals surface area (Å²) in [7, 11) is 0. The van der Waals surface area contributed by atoms with Crippen LogP contribution in [-0.2, 0) is 6.54 Å². The predicted octanol–water partition coefficient (Wildman–Crippen LogP) is 4.21. The van der Waals surface area contributed by atoms with Gasteiger partial charge in [-0.3, -0.25) is 4.68 Å². The van der Waals surface area contributed by atoms with Gasteiger partial charge in [0.15, 0.2) is 0 Å². The number of aromatic nitrogens is 2. The minimum Gasteiger partial charge on any atom is -0.319 e. The number of thiophene rings is 1. The van der Waals surface area contributed by atoms with Gasteiger partial charge in [0.25, 0.3) is 0 Å². The number of hydrogen-bond acceptors (Lipinski definition) is 3. The van der Waals surface area contributed by atoms with Crippen LogP contribution in [0.25, 0.3) is 10.1 Å². The van der Waals surface area contributed by atoms with Gasteiger partial charge in [-0.15, -0.1) is 11.3 Å². The molecular weight excluding hydrogens is 290 g/mol. The zero-order valence-electron chi connectivity index (χ0n) is 11.2. The van der Waals surface area contributed by atoms with E-state index in [1.807, 2.05) is 16.8 Å². The van der Waals surface area contributed by atoms with Gasteiger partial charge >= 0.3 is 0 Å². The smallest absolute Gasteiger partial charge is 0.0837 e. The van der Waals surface area contributed by atoms with Crippen LogP contribution in [0.1, 0.15) is 30.6 Å². The summed E-state index contributed by atoms with van der Waals surface area (Å²) in [5.74, 6) is 0. The molecule has 2 N–H and O–H groups in total. The number of nitrogens with two attached hydrogens (primary N) is 1. The quantitative estimate of drug-likeness (QED) is 0.784.